The van der Waals surface area contributed by atoms with E-state index in [9.17, 15) is 8.78 Å². The molecule has 0 aliphatic rings. The van der Waals surface area contributed by atoms with E-state index in [-0.39, 0.29) is 6.04 Å². The highest BCUT2D eigenvalue weighted by atomic mass is 19.1. The molecule has 3 heteroatoms. The van der Waals surface area contributed by atoms with Gasteiger partial charge in [0.15, 0.2) is 0 Å². The van der Waals surface area contributed by atoms with Gasteiger partial charge in [0.1, 0.15) is 11.6 Å². The van der Waals surface area contributed by atoms with Crippen molar-refractivity contribution < 1.29 is 8.78 Å². The lowest BCUT2D eigenvalue weighted by Crippen LogP contribution is -2.18. The first-order valence-electron chi connectivity index (χ1n) is 7.28. The molecule has 0 bridgehead atoms. The second-order valence-corrected chi connectivity index (χ2v) is 5.40. The van der Waals surface area contributed by atoms with Crippen molar-refractivity contribution in [3.05, 3.63) is 70.8 Å². The van der Waals surface area contributed by atoms with Crippen molar-refractivity contribution in [3.63, 3.8) is 0 Å². The zero-order valence-corrected chi connectivity index (χ0v) is 12.7. The minimum Gasteiger partial charge on any atom is -0.309 e. The highest BCUT2D eigenvalue weighted by Gasteiger charge is 2.14. The van der Waals surface area contributed by atoms with Crippen LogP contribution >= 0.6 is 0 Å². The second-order valence-electron chi connectivity index (χ2n) is 5.40. The van der Waals surface area contributed by atoms with Crippen LogP contribution < -0.4 is 5.32 Å². The highest BCUT2D eigenvalue weighted by molar-refractivity contribution is 5.34. The molecule has 2 aromatic rings. The Morgan fingerprint density at radius 1 is 0.905 bits per heavy atom. The highest BCUT2D eigenvalue weighted by Crippen LogP contribution is 2.26. The monoisotopic (exact) mass is 289 g/mol. The fourth-order valence-electron chi connectivity index (χ4n) is 2.52. The van der Waals surface area contributed by atoms with Crippen molar-refractivity contribution in [2.45, 2.75) is 32.2 Å². The lowest BCUT2D eigenvalue weighted by atomic mass is 9.93. The Kier molecular flexibility index (Phi) is 5.07. The molecular weight excluding hydrogens is 268 g/mol. The summed E-state index contributed by atoms with van der Waals surface area (Å²) < 4.78 is 26.8. The summed E-state index contributed by atoms with van der Waals surface area (Å²) in [5, 5.41) is 3.12. The lowest BCUT2D eigenvalue weighted by molar-refractivity contribution is 0.571. The van der Waals surface area contributed by atoms with Crippen LogP contribution in [0.2, 0.25) is 0 Å². The van der Waals surface area contributed by atoms with E-state index in [0.717, 1.165) is 18.1 Å². The molecule has 0 aliphatic carbocycles. The molecule has 1 nitrogen and oxygen atoms in total. The number of halogens is 2. The minimum atomic E-state index is -0.554. The summed E-state index contributed by atoms with van der Waals surface area (Å²) in [7, 11) is 1.79. The Morgan fingerprint density at radius 2 is 1.43 bits per heavy atom. The lowest BCUT2D eigenvalue weighted by Gasteiger charge is -2.19. The van der Waals surface area contributed by atoms with Crippen LogP contribution in [-0.4, -0.2) is 7.05 Å². The van der Waals surface area contributed by atoms with Crippen LogP contribution in [0.15, 0.2) is 42.5 Å². The summed E-state index contributed by atoms with van der Waals surface area (Å²) in [5.41, 5.74) is 2.86. The summed E-state index contributed by atoms with van der Waals surface area (Å²) in [6, 6.07) is 11.6. The molecule has 2 rings (SSSR count). The molecule has 0 fully saturated rings. The van der Waals surface area contributed by atoms with Gasteiger partial charge in [-0.3, -0.25) is 0 Å². The number of rotatable bonds is 5. The van der Waals surface area contributed by atoms with E-state index in [2.05, 4.69) is 31.3 Å². The summed E-state index contributed by atoms with van der Waals surface area (Å²) >= 11 is 0. The van der Waals surface area contributed by atoms with Crippen LogP contribution in [0.1, 0.15) is 48.9 Å². The van der Waals surface area contributed by atoms with Crippen LogP contribution in [0.25, 0.3) is 0 Å². The van der Waals surface area contributed by atoms with Crippen LogP contribution in [0, 0.1) is 11.6 Å². The van der Waals surface area contributed by atoms with Crippen LogP contribution in [0.3, 0.4) is 0 Å². The molecule has 0 amide bonds. The molecule has 0 aromatic heterocycles. The molecule has 112 valence electrons. The predicted molar refractivity (Wildman–Crippen MR) is 82.4 cm³/mol. The molecule has 0 aliphatic heterocycles. The van der Waals surface area contributed by atoms with Gasteiger partial charge in [0.05, 0.1) is 6.04 Å². The average Bonchev–Trinajstić information content (AvgIpc) is 2.47. The van der Waals surface area contributed by atoms with Gasteiger partial charge < -0.3 is 5.32 Å². The van der Waals surface area contributed by atoms with Crippen LogP contribution in [0.4, 0.5) is 8.78 Å². The van der Waals surface area contributed by atoms with Gasteiger partial charge in [0, 0.05) is 6.07 Å². The third-order valence-electron chi connectivity index (χ3n) is 3.96. The maximum absolute atomic E-state index is 13.4. The van der Waals surface area contributed by atoms with Crippen molar-refractivity contribution in [2.75, 3.05) is 7.05 Å². The summed E-state index contributed by atoms with van der Waals surface area (Å²) in [5.74, 6) is -0.596. The Balaban J connectivity index is 2.32. The van der Waals surface area contributed by atoms with Gasteiger partial charge in [0.2, 0.25) is 0 Å². The third kappa shape index (κ3) is 3.67. The quantitative estimate of drug-likeness (QED) is 0.834. The van der Waals surface area contributed by atoms with E-state index >= 15 is 0 Å². The van der Waals surface area contributed by atoms with Gasteiger partial charge in [0.25, 0.3) is 0 Å². The minimum absolute atomic E-state index is 0.221. The van der Waals surface area contributed by atoms with Gasteiger partial charge in [-0.1, -0.05) is 38.1 Å². The fraction of sp³-hybridized carbons (Fsp3) is 0.333. The maximum atomic E-state index is 13.4. The zero-order chi connectivity index (χ0) is 15.4. The van der Waals surface area contributed by atoms with E-state index < -0.39 is 11.6 Å². The van der Waals surface area contributed by atoms with Crippen molar-refractivity contribution in [2.24, 2.45) is 0 Å². The first-order chi connectivity index (χ1) is 10.0. The Hall–Kier alpha value is -1.74. The molecule has 2 atom stereocenters. The van der Waals surface area contributed by atoms with E-state index in [4.69, 9.17) is 0 Å². The molecule has 2 unspecified atom stereocenters. The molecular formula is C18H21F2N. The topological polar surface area (TPSA) is 12.0 Å². The first-order valence-corrected chi connectivity index (χ1v) is 7.28. The largest absolute Gasteiger partial charge is 0.309 e. The normalized spacial score (nSPS) is 14.0. The smallest absolute Gasteiger partial charge is 0.126 e. The van der Waals surface area contributed by atoms with Crippen molar-refractivity contribution in [3.8, 4) is 0 Å². The number of hydrogen-bond acceptors (Lipinski definition) is 1. The number of nitrogens with one attached hydrogen (secondary N) is 1. The van der Waals surface area contributed by atoms with E-state index in [1.165, 1.54) is 17.7 Å². The first kappa shape index (κ1) is 15.6. The third-order valence-corrected chi connectivity index (χ3v) is 3.96. The molecule has 0 radical (unpaired) electrons. The molecule has 0 saturated carbocycles. The van der Waals surface area contributed by atoms with Crippen LogP contribution in [0.5, 0.6) is 0 Å². The molecule has 21 heavy (non-hydrogen) atoms. The summed E-state index contributed by atoms with van der Waals surface area (Å²) in [6.45, 7) is 4.34. The Morgan fingerprint density at radius 3 is 1.90 bits per heavy atom. The standard InChI is InChI=1S/C18H21F2N/c1-4-12(2)13-5-7-14(8-6-13)18(21-3)15-9-16(19)11-17(20)10-15/h5-12,18,21H,4H2,1-3H3. The maximum Gasteiger partial charge on any atom is 0.126 e. The fourth-order valence-corrected chi connectivity index (χ4v) is 2.52. The zero-order valence-electron chi connectivity index (χ0n) is 12.7. The van der Waals surface area contributed by atoms with Crippen molar-refractivity contribution >= 4 is 0 Å². The second kappa shape index (κ2) is 6.81. The number of benzene rings is 2. The molecule has 2 aromatic carbocycles. The average molecular weight is 289 g/mol. The van der Waals surface area contributed by atoms with E-state index in [1.807, 2.05) is 12.1 Å². The van der Waals surface area contributed by atoms with E-state index in [1.54, 1.807) is 7.05 Å². The molecule has 0 spiro atoms. The van der Waals surface area contributed by atoms with E-state index in [0.29, 0.717) is 11.5 Å². The van der Waals surface area contributed by atoms with Gasteiger partial charge in [-0.25, -0.2) is 8.78 Å². The van der Waals surface area contributed by atoms with Gasteiger partial charge >= 0.3 is 0 Å². The molecule has 0 saturated heterocycles. The van der Waals surface area contributed by atoms with Gasteiger partial charge in [-0.05, 0) is 48.2 Å². The van der Waals surface area contributed by atoms with Crippen LogP contribution in [-0.2, 0) is 0 Å². The Bertz CT molecular complexity index is 572. The van der Waals surface area contributed by atoms with Crippen molar-refractivity contribution in [1.82, 2.24) is 5.32 Å². The Labute approximate surface area is 125 Å². The SMILES string of the molecule is CCC(C)c1ccc(C(NC)c2cc(F)cc(F)c2)cc1. The number of hydrogen-bond donors (Lipinski definition) is 1. The summed E-state index contributed by atoms with van der Waals surface area (Å²) in [6.07, 6.45) is 1.09. The van der Waals surface area contributed by atoms with Crippen molar-refractivity contribution in [1.29, 1.82) is 0 Å². The van der Waals surface area contributed by atoms with Gasteiger partial charge in [-0.2, -0.15) is 0 Å². The molecule has 1 N–H and O–H groups in total. The summed E-state index contributed by atoms with van der Waals surface area (Å²) in [4.78, 5) is 0. The molecule has 0 heterocycles. The predicted octanol–water partition coefficient (Wildman–Crippen LogP) is 4.79. The van der Waals surface area contributed by atoms with Gasteiger partial charge in [-0.15, -0.1) is 0 Å².